The first-order valence-corrected chi connectivity index (χ1v) is 12.1. The summed E-state index contributed by atoms with van der Waals surface area (Å²) in [6.07, 6.45) is 2.84. The number of hydrogen-bond donors (Lipinski definition) is 2. The van der Waals surface area contributed by atoms with E-state index >= 15 is 0 Å². The molecule has 2 N–H and O–H groups in total. The number of carbonyl (C=O) groups excluding carboxylic acids is 1. The molecule has 0 spiro atoms. The Morgan fingerprint density at radius 3 is 2.77 bits per heavy atom. The van der Waals surface area contributed by atoms with Crippen LogP contribution >= 0.6 is 11.3 Å². The van der Waals surface area contributed by atoms with Crippen LogP contribution in [0.1, 0.15) is 9.67 Å². The molecule has 0 aliphatic carbocycles. The molecule has 10 heteroatoms. The van der Waals surface area contributed by atoms with Crippen LogP contribution in [0.3, 0.4) is 0 Å². The van der Waals surface area contributed by atoms with Crippen molar-refractivity contribution >= 4 is 59.7 Å². The number of thiophene rings is 1. The number of aliphatic hydroxyl groups is 1. The molecule has 4 aromatic rings. The summed E-state index contributed by atoms with van der Waals surface area (Å²) in [5.41, 5.74) is 1.25. The summed E-state index contributed by atoms with van der Waals surface area (Å²) in [5, 5.41) is 13.8. The predicted molar refractivity (Wildman–Crippen MR) is 122 cm³/mol. The van der Waals surface area contributed by atoms with E-state index in [1.807, 2.05) is 12.1 Å². The predicted octanol–water partition coefficient (Wildman–Crippen LogP) is 3.06. The zero-order valence-corrected chi connectivity index (χ0v) is 18.5. The second-order valence-electron chi connectivity index (χ2n) is 7.09. The van der Waals surface area contributed by atoms with Gasteiger partial charge in [-0.3, -0.25) is 4.79 Å². The minimum atomic E-state index is -3.33. The number of aromatic nitrogens is 2. The lowest BCUT2D eigenvalue weighted by Gasteiger charge is -2.13. The Morgan fingerprint density at radius 1 is 1.23 bits per heavy atom. The quantitative estimate of drug-likeness (QED) is 0.458. The van der Waals surface area contributed by atoms with Crippen molar-refractivity contribution in [2.75, 3.05) is 31.8 Å². The maximum atomic E-state index is 12.6. The van der Waals surface area contributed by atoms with Crippen LogP contribution in [0.5, 0.6) is 0 Å². The molecule has 160 valence electrons. The third kappa shape index (κ3) is 4.36. The zero-order valence-electron chi connectivity index (χ0n) is 16.9. The third-order valence-electron chi connectivity index (χ3n) is 4.76. The number of amides is 1. The molecule has 0 atom stereocenters. The average molecular weight is 457 g/mol. The molecule has 0 unspecified atom stereocenters. The molecule has 31 heavy (non-hydrogen) atoms. The Balaban J connectivity index is 1.73. The first-order valence-electron chi connectivity index (χ1n) is 9.39. The average Bonchev–Trinajstić information content (AvgIpc) is 3.18. The summed E-state index contributed by atoms with van der Waals surface area (Å²) in [7, 11) is -1.68. The molecule has 2 aromatic heterocycles. The zero-order chi connectivity index (χ0) is 22.2. The lowest BCUT2D eigenvalue weighted by Crippen LogP contribution is -2.28. The Kier molecular flexibility index (Phi) is 5.61. The SMILES string of the molecule is CN(CCO)C(=O)c1cc2c(ccc3cnc(Nc4cccc(S(C)(=O)=O)c4)nc32)s1. The normalized spacial score (nSPS) is 11.7. The van der Waals surface area contributed by atoms with Crippen molar-refractivity contribution < 1.29 is 18.3 Å². The van der Waals surface area contributed by atoms with E-state index in [1.165, 1.54) is 28.4 Å². The van der Waals surface area contributed by atoms with Gasteiger partial charge in [0.05, 0.1) is 21.9 Å². The van der Waals surface area contributed by atoms with Gasteiger partial charge in [-0.1, -0.05) is 6.07 Å². The van der Waals surface area contributed by atoms with Gasteiger partial charge in [-0.05, 0) is 36.4 Å². The van der Waals surface area contributed by atoms with Gasteiger partial charge in [0.15, 0.2) is 9.84 Å². The molecule has 0 saturated heterocycles. The first kappa shape index (κ1) is 21.2. The summed E-state index contributed by atoms with van der Waals surface area (Å²) in [6, 6.07) is 12.1. The lowest BCUT2D eigenvalue weighted by molar-refractivity contribution is 0.0772. The number of benzene rings is 2. The topological polar surface area (TPSA) is 112 Å². The number of nitrogens with one attached hydrogen (secondary N) is 1. The van der Waals surface area contributed by atoms with E-state index < -0.39 is 9.84 Å². The third-order valence-corrected chi connectivity index (χ3v) is 6.96. The number of aliphatic hydroxyl groups excluding tert-OH is 1. The Hall–Kier alpha value is -3.08. The van der Waals surface area contributed by atoms with Crippen molar-refractivity contribution in [3.8, 4) is 0 Å². The Morgan fingerprint density at radius 2 is 2.03 bits per heavy atom. The van der Waals surface area contributed by atoms with Crippen LogP contribution in [-0.2, 0) is 9.84 Å². The highest BCUT2D eigenvalue weighted by Crippen LogP contribution is 2.32. The molecule has 2 heterocycles. The van der Waals surface area contributed by atoms with E-state index in [9.17, 15) is 13.2 Å². The van der Waals surface area contributed by atoms with Gasteiger partial charge in [-0.2, -0.15) is 0 Å². The van der Waals surface area contributed by atoms with Crippen LogP contribution in [0.15, 0.2) is 53.6 Å². The van der Waals surface area contributed by atoms with E-state index in [0.717, 1.165) is 21.7 Å². The van der Waals surface area contributed by atoms with Crippen molar-refractivity contribution in [1.82, 2.24) is 14.9 Å². The molecule has 0 aliphatic rings. The fourth-order valence-electron chi connectivity index (χ4n) is 3.15. The van der Waals surface area contributed by atoms with E-state index in [-0.39, 0.29) is 24.0 Å². The highest BCUT2D eigenvalue weighted by molar-refractivity contribution is 7.90. The maximum Gasteiger partial charge on any atom is 0.263 e. The number of nitrogens with zero attached hydrogens (tertiary/aromatic N) is 3. The minimum Gasteiger partial charge on any atom is -0.395 e. The highest BCUT2D eigenvalue weighted by atomic mass is 32.2. The Bertz CT molecular complexity index is 1400. The summed E-state index contributed by atoms with van der Waals surface area (Å²) in [6.45, 7) is 0.162. The van der Waals surface area contributed by atoms with Gasteiger partial charge in [-0.25, -0.2) is 18.4 Å². The second kappa shape index (κ2) is 8.22. The Labute approximate surface area is 183 Å². The van der Waals surface area contributed by atoms with E-state index in [2.05, 4.69) is 15.3 Å². The molecular formula is C21H20N4O4S2. The van der Waals surface area contributed by atoms with Crippen LogP contribution in [-0.4, -0.2) is 60.8 Å². The van der Waals surface area contributed by atoms with Crippen LogP contribution in [0.4, 0.5) is 11.6 Å². The van der Waals surface area contributed by atoms with Gasteiger partial charge < -0.3 is 15.3 Å². The van der Waals surface area contributed by atoms with E-state index in [1.54, 1.807) is 31.4 Å². The monoisotopic (exact) mass is 456 g/mol. The fourth-order valence-corrected chi connectivity index (χ4v) is 4.87. The van der Waals surface area contributed by atoms with Crippen LogP contribution in [0, 0.1) is 0 Å². The second-order valence-corrected chi connectivity index (χ2v) is 10.2. The highest BCUT2D eigenvalue weighted by Gasteiger charge is 2.16. The van der Waals surface area contributed by atoms with Crippen molar-refractivity contribution in [3.63, 3.8) is 0 Å². The first-order chi connectivity index (χ1) is 14.8. The summed E-state index contributed by atoms with van der Waals surface area (Å²) in [4.78, 5) is 23.8. The molecule has 2 aromatic carbocycles. The summed E-state index contributed by atoms with van der Waals surface area (Å²) >= 11 is 1.37. The standard InChI is InChI=1S/C21H20N4O4S2/c1-25(8-9-26)20(27)18-11-16-17(30-18)7-6-13-12-22-21(24-19(13)16)23-14-4-3-5-15(10-14)31(2,28)29/h3-7,10-12,26H,8-9H2,1-2H3,(H,22,23,24). The number of likely N-dealkylation sites (N-methyl/N-ethyl adjacent to an activating group) is 1. The van der Waals surface area contributed by atoms with Gasteiger partial charge in [0.2, 0.25) is 5.95 Å². The number of sulfone groups is 1. The molecule has 0 bridgehead atoms. The number of anilines is 2. The molecule has 4 rings (SSSR count). The van der Waals surface area contributed by atoms with Crippen molar-refractivity contribution in [1.29, 1.82) is 0 Å². The number of fused-ring (bicyclic) bond motifs is 3. The van der Waals surface area contributed by atoms with Crippen LogP contribution < -0.4 is 5.32 Å². The van der Waals surface area contributed by atoms with Crippen LogP contribution in [0.25, 0.3) is 21.0 Å². The largest absolute Gasteiger partial charge is 0.395 e. The van der Waals surface area contributed by atoms with Gasteiger partial charge in [-0.15, -0.1) is 11.3 Å². The van der Waals surface area contributed by atoms with Gasteiger partial charge in [0.1, 0.15) is 0 Å². The van der Waals surface area contributed by atoms with Crippen LogP contribution in [0.2, 0.25) is 0 Å². The number of hydrogen-bond acceptors (Lipinski definition) is 8. The van der Waals surface area contributed by atoms with Gasteiger partial charge in [0, 0.05) is 47.2 Å². The molecular weight excluding hydrogens is 436 g/mol. The molecule has 8 nitrogen and oxygen atoms in total. The minimum absolute atomic E-state index is 0.0984. The number of carbonyl (C=O) groups is 1. The molecule has 1 amide bonds. The summed E-state index contributed by atoms with van der Waals surface area (Å²) in [5.74, 6) is 0.163. The molecule has 0 aliphatic heterocycles. The van der Waals surface area contributed by atoms with Gasteiger partial charge in [0.25, 0.3) is 5.91 Å². The van der Waals surface area contributed by atoms with E-state index in [0.29, 0.717) is 22.0 Å². The van der Waals surface area contributed by atoms with E-state index in [4.69, 9.17) is 5.11 Å². The number of rotatable bonds is 6. The van der Waals surface area contributed by atoms with Crippen molar-refractivity contribution in [2.24, 2.45) is 0 Å². The fraction of sp³-hybridized carbons (Fsp3) is 0.190. The van der Waals surface area contributed by atoms with Crippen molar-refractivity contribution in [3.05, 3.63) is 53.5 Å². The lowest BCUT2D eigenvalue weighted by atomic mass is 10.2. The summed E-state index contributed by atoms with van der Waals surface area (Å²) < 4.78 is 24.5. The van der Waals surface area contributed by atoms with Gasteiger partial charge >= 0.3 is 0 Å². The smallest absolute Gasteiger partial charge is 0.263 e. The molecule has 0 fully saturated rings. The molecule has 0 saturated carbocycles. The maximum absolute atomic E-state index is 12.6. The molecule has 0 radical (unpaired) electrons. The van der Waals surface area contributed by atoms with Crippen molar-refractivity contribution in [2.45, 2.75) is 4.90 Å².